The van der Waals surface area contributed by atoms with Gasteiger partial charge in [0.05, 0.1) is 4.88 Å². The van der Waals surface area contributed by atoms with Crippen molar-refractivity contribution in [3.63, 3.8) is 0 Å². The van der Waals surface area contributed by atoms with Crippen LogP contribution < -0.4 is 5.32 Å². The van der Waals surface area contributed by atoms with Crippen LogP contribution in [0.15, 0.2) is 52.6 Å². The summed E-state index contributed by atoms with van der Waals surface area (Å²) in [7, 11) is 0. The van der Waals surface area contributed by atoms with Gasteiger partial charge in [0.25, 0.3) is 11.8 Å². The number of amides is 2. The maximum Gasteiger partial charge on any atom is 0.276 e. The number of benzene rings is 1. The Morgan fingerprint density at radius 2 is 1.88 bits per heavy atom. The highest BCUT2D eigenvalue weighted by Gasteiger charge is 2.25. The van der Waals surface area contributed by atoms with Crippen LogP contribution in [0.2, 0.25) is 0 Å². The smallest absolute Gasteiger partial charge is 0.276 e. The van der Waals surface area contributed by atoms with Crippen molar-refractivity contribution in [1.82, 2.24) is 9.88 Å². The third-order valence-electron chi connectivity index (χ3n) is 4.31. The molecule has 0 spiro atoms. The number of carbonyl (C=O) groups excluding carboxylic acids is 2. The van der Waals surface area contributed by atoms with E-state index in [0.29, 0.717) is 22.0 Å². The summed E-state index contributed by atoms with van der Waals surface area (Å²) in [5.74, 6) is 0.219. The minimum absolute atomic E-state index is 0.0960. The predicted octanol–water partition coefficient (Wildman–Crippen LogP) is 3.89. The van der Waals surface area contributed by atoms with Crippen molar-refractivity contribution in [2.75, 3.05) is 18.4 Å². The van der Waals surface area contributed by atoms with E-state index in [1.165, 1.54) is 17.7 Å². The number of likely N-dealkylation sites (tertiary alicyclic amines) is 1. The van der Waals surface area contributed by atoms with E-state index in [1.54, 1.807) is 23.1 Å². The first-order valence-electron chi connectivity index (χ1n) is 8.40. The minimum atomic E-state index is -0.141. The van der Waals surface area contributed by atoms with Crippen molar-refractivity contribution < 1.29 is 14.0 Å². The van der Waals surface area contributed by atoms with Crippen LogP contribution in [0, 0.1) is 0 Å². The summed E-state index contributed by atoms with van der Waals surface area (Å²) in [6, 6.07) is 10.8. The fraction of sp³-hybridized carbons (Fsp3) is 0.211. The second-order valence-corrected chi connectivity index (χ2v) is 6.99. The number of hydrogen-bond donors (Lipinski definition) is 1. The molecule has 132 valence electrons. The van der Waals surface area contributed by atoms with Gasteiger partial charge in [-0.3, -0.25) is 9.59 Å². The Balaban J connectivity index is 1.52. The molecule has 0 saturated carbocycles. The van der Waals surface area contributed by atoms with Crippen LogP contribution in [0.5, 0.6) is 0 Å². The SMILES string of the molecule is O=C(Nc1ccc(-c2ocnc2C(=O)N2CCCC2)cc1)c1cccs1. The fourth-order valence-electron chi connectivity index (χ4n) is 2.98. The Labute approximate surface area is 154 Å². The molecular weight excluding hydrogens is 350 g/mol. The number of hydrogen-bond acceptors (Lipinski definition) is 5. The fourth-order valence-corrected chi connectivity index (χ4v) is 3.60. The number of oxazole rings is 1. The van der Waals surface area contributed by atoms with E-state index in [1.807, 2.05) is 23.6 Å². The second kappa shape index (κ2) is 7.13. The number of carbonyl (C=O) groups is 2. The lowest BCUT2D eigenvalue weighted by molar-refractivity contribution is 0.0788. The van der Waals surface area contributed by atoms with Crippen LogP contribution >= 0.6 is 11.3 Å². The van der Waals surface area contributed by atoms with Crippen molar-refractivity contribution in [1.29, 1.82) is 0 Å². The average molecular weight is 367 g/mol. The van der Waals surface area contributed by atoms with Gasteiger partial charge in [0.15, 0.2) is 17.8 Å². The second-order valence-electron chi connectivity index (χ2n) is 6.04. The van der Waals surface area contributed by atoms with Crippen molar-refractivity contribution in [3.05, 3.63) is 58.7 Å². The van der Waals surface area contributed by atoms with Gasteiger partial charge in [0.2, 0.25) is 0 Å². The molecule has 1 fully saturated rings. The van der Waals surface area contributed by atoms with Gasteiger partial charge in [-0.15, -0.1) is 11.3 Å². The highest BCUT2D eigenvalue weighted by molar-refractivity contribution is 7.12. The Morgan fingerprint density at radius 3 is 2.58 bits per heavy atom. The third kappa shape index (κ3) is 3.25. The van der Waals surface area contributed by atoms with Gasteiger partial charge in [-0.25, -0.2) is 4.98 Å². The molecule has 1 saturated heterocycles. The summed E-state index contributed by atoms with van der Waals surface area (Å²) in [5.41, 5.74) is 1.76. The van der Waals surface area contributed by atoms with Crippen LogP contribution in [-0.2, 0) is 0 Å². The maximum atomic E-state index is 12.6. The number of thiophene rings is 1. The minimum Gasteiger partial charge on any atom is -0.443 e. The number of nitrogens with one attached hydrogen (secondary N) is 1. The topological polar surface area (TPSA) is 75.4 Å². The van der Waals surface area contributed by atoms with E-state index in [-0.39, 0.29) is 11.8 Å². The molecular formula is C19H17N3O3S. The largest absolute Gasteiger partial charge is 0.443 e. The van der Waals surface area contributed by atoms with Crippen LogP contribution in [-0.4, -0.2) is 34.8 Å². The molecule has 4 rings (SSSR count). The molecule has 1 aliphatic heterocycles. The van der Waals surface area contributed by atoms with Gasteiger partial charge >= 0.3 is 0 Å². The molecule has 0 radical (unpaired) electrons. The molecule has 6 nitrogen and oxygen atoms in total. The van der Waals surface area contributed by atoms with E-state index in [9.17, 15) is 9.59 Å². The zero-order valence-electron chi connectivity index (χ0n) is 14.0. The van der Waals surface area contributed by atoms with Gasteiger partial charge in [0, 0.05) is 24.3 Å². The normalized spacial score (nSPS) is 13.8. The molecule has 0 atom stereocenters. The zero-order chi connectivity index (χ0) is 17.9. The summed E-state index contributed by atoms with van der Waals surface area (Å²) >= 11 is 1.39. The van der Waals surface area contributed by atoms with E-state index in [4.69, 9.17) is 4.42 Å². The average Bonchev–Trinajstić information content (AvgIpc) is 3.44. The monoisotopic (exact) mass is 367 g/mol. The first kappa shape index (κ1) is 16.5. The van der Waals surface area contributed by atoms with Crippen LogP contribution in [0.25, 0.3) is 11.3 Å². The van der Waals surface area contributed by atoms with Crippen LogP contribution in [0.1, 0.15) is 33.0 Å². The van der Waals surface area contributed by atoms with Crippen molar-refractivity contribution in [2.45, 2.75) is 12.8 Å². The molecule has 3 aromatic rings. The summed E-state index contributed by atoms with van der Waals surface area (Å²) in [5, 5.41) is 4.71. The molecule has 1 N–H and O–H groups in total. The molecule has 0 aliphatic carbocycles. The van der Waals surface area contributed by atoms with E-state index in [2.05, 4.69) is 10.3 Å². The molecule has 3 heterocycles. The van der Waals surface area contributed by atoms with Crippen molar-refractivity contribution >= 4 is 28.8 Å². The summed E-state index contributed by atoms with van der Waals surface area (Å²) < 4.78 is 5.47. The third-order valence-corrected chi connectivity index (χ3v) is 5.18. The molecule has 2 amide bonds. The highest BCUT2D eigenvalue weighted by atomic mass is 32.1. The molecule has 1 aliphatic rings. The lowest BCUT2D eigenvalue weighted by Gasteiger charge is -2.14. The number of rotatable bonds is 4. The Morgan fingerprint density at radius 1 is 1.12 bits per heavy atom. The molecule has 2 aromatic heterocycles. The quantitative estimate of drug-likeness (QED) is 0.759. The summed E-state index contributed by atoms with van der Waals surface area (Å²) in [6.45, 7) is 1.53. The lowest BCUT2D eigenvalue weighted by Crippen LogP contribution is -2.28. The van der Waals surface area contributed by atoms with E-state index < -0.39 is 0 Å². The molecule has 26 heavy (non-hydrogen) atoms. The maximum absolute atomic E-state index is 12.6. The standard InChI is InChI=1S/C19H17N3O3S/c23-18(15-4-3-11-26-15)21-14-7-5-13(6-8-14)17-16(20-12-25-17)19(24)22-9-1-2-10-22/h3-8,11-12H,1-2,9-10H2,(H,21,23). The summed E-state index contributed by atoms with van der Waals surface area (Å²) in [6.07, 6.45) is 3.35. The molecule has 0 unspecified atom stereocenters. The lowest BCUT2D eigenvalue weighted by atomic mass is 10.1. The number of nitrogens with zero attached hydrogens (tertiary/aromatic N) is 2. The number of anilines is 1. The van der Waals surface area contributed by atoms with Gasteiger partial charge in [-0.05, 0) is 48.6 Å². The highest BCUT2D eigenvalue weighted by Crippen LogP contribution is 2.26. The van der Waals surface area contributed by atoms with Crippen molar-refractivity contribution in [2.24, 2.45) is 0 Å². The van der Waals surface area contributed by atoms with E-state index >= 15 is 0 Å². The Kier molecular flexibility index (Phi) is 4.53. The van der Waals surface area contributed by atoms with Gasteiger partial charge < -0.3 is 14.6 Å². The summed E-state index contributed by atoms with van der Waals surface area (Å²) in [4.78, 5) is 31.3. The van der Waals surface area contributed by atoms with Crippen molar-refractivity contribution in [3.8, 4) is 11.3 Å². The van der Waals surface area contributed by atoms with E-state index in [0.717, 1.165) is 31.5 Å². The predicted molar refractivity (Wildman–Crippen MR) is 99.3 cm³/mol. The van der Waals surface area contributed by atoms with Gasteiger partial charge in [-0.2, -0.15) is 0 Å². The molecule has 1 aromatic carbocycles. The number of aromatic nitrogens is 1. The first-order chi connectivity index (χ1) is 12.7. The van der Waals surface area contributed by atoms with Crippen LogP contribution in [0.4, 0.5) is 5.69 Å². The van der Waals surface area contributed by atoms with Crippen LogP contribution in [0.3, 0.4) is 0 Å². The Bertz CT molecular complexity index is 910. The zero-order valence-corrected chi connectivity index (χ0v) is 14.8. The van der Waals surface area contributed by atoms with Gasteiger partial charge in [-0.1, -0.05) is 6.07 Å². The molecule has 0 bridgehead atoms. The Hall–Kier alpha value is -2.93. The first-order valence-corrected chi connectivity index (χ1v) is 9.28. The van der Waals surface area contributed by atoms with Gasteiger partial charge in [0.1, 0.15) is 0 Å². The molecule has 7 heteroatoms.